The van der Waals surface area contributed by atoms with Gasteiger partial charge in [-0.1, -0.05) is 32.4 Å². The fraction of sp³-hybridized carbons (Fsp3) is 0.607. The van der Waals surface area contributed by atoms with Crippen molar-refractivity contribution in [3.63, 3.8) is 0 Å². The van der Waals surface area contributed by atoms with Crippen LogP contribution < -0.4 is 0 Å². The largest absolute Gasteiger partial charge is 0.393 e. The second-order valence-corrected chi connectivity index (χ2v) is 12.8. The van der Waals surface area contributed by atoms with E-state index in [-0.39, 0.29) is 41.4 Å². The zero-order valence-electron chi connectivity index (χ0n) is 20.9. The molecule has 192 valence electrons. The molecular weight excluding hydrogens is 478 g/mol. The number of ketones is 2. The lowest BCUT2D eigenvalue weighted by atomic mass is 9.41. The molecule has 8 heteroatoms. The Hall–Kier alpha value is -2.13. The number of aliphatic hydroxyl groups is 2. The normalized spacial score (nSPS) is 45.0. The Morgan fingerprint density at radius 2 is 2.03 bits per heavy atom. The number of aliphatic hydroxyl groups excluding tert-OH is 2. The van der Waals surface area contributed by atoms with Crippen molar-refractivity contribution in [2.24, 2.45) is 34.0 Å². The molecule has 1 aromatic heterocycles. The molecule has 1 amide bonds. The Labute approximate surface area is 214 Å². The second-order valence-electron chi connectivity index (χ2n) is 12.1. The third-order valence-corrected chi connectivity index (χ3v) is 11.5. The van der Waals surface area contributed by atoms with Gasteiger partial charge in [0.2, 0.25) is 0 Å². The molecule has 8 atom stereocenters. The van der Waals surface area contributed by atoms with Crippen LogP contribution in [-0.2, 0) is 14.4 Å². The van der Waals surface area contributed by atoms with E-state index in [1.807, 2.05) is 18.4 Å². The van der Waals surface area contributed by atoms with Crippen LogP contribution in [0.5, 0.6) is 0 Å². The molecule has 7 nitrogen and oxygen atoms in total. The third kappa shape index (κ3) is 2.76. The first-order valence-electron chi connectivity index (χ1n) is 12.8. The van der Waals surface area contributed by atoms with Gasteiger partial charge in [0.05, 0.1) is 18.2 Å². The number of nitrogens with zero attached hydrogens (tertiary/aromatic N) is 1. The summed E-state index contributed by atoms with van der Waals surface area (Å²) in [5.41, 5.74) is -1.38. The summed E-state index contributed by atoms with van der Waals surface area (Å²) in [6, 6.07) is 1.74. The van der Waals surface area contributed by atoms with Gasteiger partial charge in [-0.3, -0.25) is 19.2 Å². The van der Waals surface area contributed by atoms with E-state index in [0.29, 0.717) is 18.4 Å². The molecule has 1 aromatic rings. The lowest BCUT2D eigenvalue weighted by Gasteiger charge is -2.64. The highest BCUT2D eigenvalue weighted by Crippen LogP contribution is 2.75. The highest BCUT2D eigenvalue weighted by molar-refractivity contribution is 7.08. The van der Waals surface area contributed by atoms with Crippen LogP contribution >= 0.6 is 11.3 Å². The molecule has 2 heterocycles. The van der Waals surface area contributed by atoms with Crippen LogP contribution in [0.3, 0.4) is 0 Å². The summed E-state index contributed by atoms with van der Waals surface area (Å²) in [6.07, 6.45) is 7.14. The van der Waals surface area contributed by atoms with E-state index >= 15 is 0 Å². The molecule has 1 saturated heterocycles. The molecule has 0 aromatic carbocycles. The van der Waals surface area contributed by atoms with Crippen molar-refractivity contribution in [1.82, 2.24) is 5.06 Å². The summed E-state index contributed by atoms with van der Waals surface area (Å²) >= 11 is 1.42. The van der Waals surface area contributed by atoms with Crippen molar-refractivity contribution in [3.05, 3.63) is 46.2 Å². The monoisotopic (exact) mass is 511 g/mol. The second kappa shape index (κ2) is 7.69. The number of fused-ring (bicyclic) bond motifs is 7. The van der Waals surface area contributed by atoms with Crippen LogP contribution in [-0.4, -0.2) is 57.6 Å². The van der Waals surface area contributed by atoms with E-state index in [0.717, 1.165) is 18.4 Å². The quantitative estimate of drug-likeness (QED) is 0.645. The standard InChI is InChI=1S/C28H33NO6S/c1-25-8-6-19(31)10-17(25)4-5-20-23(25)21(32)12-27(3)26(20,2)11-18-13-29(24(34)16-7-9-36-15-16)35-28(18,27)22(33)14-30/h6-10,15,18,20-21,23,30,32H,4-5,11-14H2,1-3H3. The van der Waals surface area contributed by atoms with Crippen molar-refractivity contribution in [2.45, 2.75) is 58.2 Å². The van der Waals surface area contributed by atoms with Crippen molar-refractivity contribution < 1.29 is 29.4 Å². The molecule has 0 radical (unpaired) electrons. The maximum absolute atomic E-state index is 13.6. The Bertz CT molecular complexity index is 1210. The first-order valence-corrected chi connectivity index (χ1v) is 13.8. The van der Waals surface area contributed by atoms with Gasteiger partial charge in [-0.05, 0) is 60.6 Å². The molecule has 8 unspecified atom stereocenters. The minimum Gasteiger partial charge on any atom is -0.393 e. The summed E-state index contributed by atoms with van der Waals surface area (Å²) in [6.45, 7) is 5.95. The number of hydrogen-bond acceptors (Lipinski definition) is 7. The number of hydrogen-bond donors (Lipinski definition) is 2. The van der Waals surface area contributed by atoms with E-state index in [4.69, 9.17) is 4.84 Å². The van der Waals surface area contributed by atoms with Crippen molar-refractivity contribution in [3.8, 4) is 0 Å². The topological polar surface area (TPSA) is 104 Å². The number of hydroxylamine groups is 2. The number of amides is 1. The van der Waals surface area contributed by atoms with E-state index in [2.05, 4.69) is 13.8 Å². The van der Waals surface area contributed by atoms with E-state index in [9.17, 15) is 24.6 Å². The first-order chi connectivity index (χ1) is 17.0. The van der Waals surface area contributed by atoms with Gasteiger partial charge in [0.15, 0.2) is 17.2 Å². The minimum absolute atomic E-state index is 0.00560. The maximum atomic E-state index is 13.6. The average molecular weight is 512 g/mol. The zero-order chi connectivity index (χ0) is 25.7. The molecule has 4 fully saturated rings. The molecule has 5 aliphatic rings. The maximum Gasteiger partial charge on any atom is 0.278 e. The van der Waals surface area contributed by atoms with E-state index in [1.165, 1.54) is 16.4 Å². The summed E-state index contributed by atoms with van der Waals surface area (Å²) in [7, 11) is 0. The van der Waals surface area contributed by atoms with Gasteiger partial charge in [0.25, 0.3) is 5.91 Å². The van der Waals surface area contributed by atoms with Crippen LogP contribution in [0.2, 0.25) is 0 Å². The molecule has 0 spiro atoms. The first kappa shape index (κ1) is 24.2. The summed E-state index contributed by atoms with van der Waals surface area (Å²) in [5.74, 6) is -1.00. The molecule has 6 rings (SSSR count). The molecular formula is C28H33NO6S. The highest BCUT2D eigenvalue weighted by Gasteiger charge is 2.79. The van der Waals surface area contributed by atoms with Gasteiger partial charge < -0.3 is 10.2 Å². The van der Waals surface area contributed by atoms with Crippen molar-refractivity contribution >= 4 is 28.8 Å². The molecule has 2 N–H and O–H groups in total. The third-order valence-electron chi connectivity index (χ3n) is 10.8. The van der Waals surface area contributed by atoms with E-state index < -0.39 is 34.9 Å². The van der Waals surface area contributed by atoms with Gasteiger partial charge >= 0.3 is 0 Å². The van der Waals surface area contributed by atoms with Crippen LogP contribution in [0.4, 0.5) is 0 Å². The minimum atomic E-state index is -1.39. The molecule has 1 aliphatic heterocycles. The SMILES string of the molecule is CC12C=CC(=O)C=C1CCC1C2C(O)CC2(C)C1(C)CC1CN(C(=O)c3ccsc3)OC12C(=O)CO. The smallest absolute Gasteiger partial charge is 0.278 e. The van der Waals surface area contributed by atoms with Gasteiger partial charge in [0, 0.05) is 28.0 Å². The lowest BCUT2D eigenvalue weighted by Crippen LogP contribution is -2.66. The summed E-state index contributed by atoms with van der Waals surface area (Å²) < 4.78 is 0. The Morgan fingerprint density at radius 3 is 2.72 bits per heavy atom. The zero-order valence-corrected chi connectivity index (χ0v) is 21.7. The van der Waals surface area contributed by atoms with Crippen molar-refractivity contribution in [2.75, 3.05) is 13.2 Å². The van der Waals surface area contributed by atoms with Crippen LogP contribution in [0, 0.1) is 34.0 Å². The molecule has 3 saturated carbocycles. The van der Waals surface area contributed by atoms with Gasteiger partial charge in [-0.15, -0.1) is 0 Å². The van der Waals surface area contributed by atoms with Gasteiger partial charge in [-0.2, -0.15) is 11.3 Å². The van der Waals surface area contributed by atoms with E-state index in [1.54, 1.807) is 23.6 Å². The number of carbonyl (C=O) groups excluding carboxylic acids is 3. The fourth-order valence-corrected chi connectivity index (χ4v) is 9.71. The van der Waals surface area contributed by atoms with Gasteiger partial charge in [0.1, 0.15) is 6.61 Å². The highest BCUT2D eigenvalue weighted by atomic mass is 32.1. The molecule has 36 heavy (non-hydrogen) atoms. The number of Topliss-reactive ketones (excluding diaryl/α,β-unsaturated/α-hetero) is 1. The Kier molecular flexibility index (Phi) is 5.18. The van der Waals surface area contributed by atoms with Crippen LogP contribution in [0.25, 0.3) is 0 Å². The van der Waals surface area contributed by atoms with Crippen LogP contribution in [0.1, 0.15) is 56.8 Å². The summed E-state index contributed by atoms with van der Waals surface area (Å²) in [4.78, 5) is 45.4. The van der Waals surface area contributed by atoms with Gasteiger partial charge in [-0.25, -0.2) is 5.06 Å². The molecule has 4 aliphatic carbocycles. The molecule has 0 bridgehead atoms. The lowest BCUT2D eigenvalue weighted by molar-refractivity contribution is -0.252. The predicted molar refractivity (Wildman–Crippen MR) is 133 cm³/mol. The van der Waals surface area contributed by atoms with Crippen LogP contribution in [0.15, 0.2) is 40.6 Å². The number of rotatable bonds is 3. The average Bonchev–Trinajstić information content (AvgIpc) is 3.54. The number of thiophene rings is 1. The summed E-state index contributed by atoms with van der Waals surface area (Å²) in [5, 5.41) is 26.8. The fourth-order valence-electron chi connectivity index (χ4n) is 9.08. The number of allylic oxidation sites excluding steroid dienone is 4. The Balaban J connectivity index is 1.43. The predicted octanol–water partition coefficient (Wildman–Crippen LogP) is 3.33. The number of carbonyl (C=O) groups is 3. The Morgan fingerprint density at radius 1 is 1.25 bits per heavy atom. The van der Waals surface area contributed by atoms with Crippen molar-refractivity contribution in [1.29, 1.82) is 0 Å².